The highest BCUT2D eigenvalue weighted by Crippen LogP contribution is 2.33. The lowest BCUT2D eigenvalue weighted by atomic mass is 9.89. The van der Waals surface area contributed by atoms with Gasteiger partial charge in [0.25, 0.3) is 10.9 Å². The molecule has 138 valence electrons. The van der Waals surface area contributed by atoms with Gasteiger partial charge in [0.05, 0.1) is 16.4 Å². The van der Waals surface area contributed by atoms with Gasteiger partial charge < -0.3 is 9.73 Å². The summed E-state index contributed by atoms with van der Waals surface area (Å²) < 4.78 is 5.67. The standard InChI is InChI=1S/C17H20N4O4S/c1-11-7-8-13(21(23)24)9-14(11)18-15(22)10-26-17-20-19-16(25-17)12-5-3-2-4-6-12/h7-9,12H,2-6,10H2,1H3,(H,18,22). The molecule has 26 heavy (non-hydrogen) atoms. The lowest BCUT2D eigenvalue weighted by Gasteiger charge is -2.17. The highest BCUT2D eigenvalue weighted by atomic mass is 32.2. The average molecular weight is 376 g/mol. The molecule has 2 aromatic rings. The second kappa shape index (κ2) is 8.31. The maximum atomic E-state index is 12.1. The second-order valence-electron chi connectivity index (χ2n) is 6.33. The van der Waals surface area contributed by atoms with Crippen molar-refractivity contribution in [1.29, 1.82) is 0 Å². The van der Waals surface area contributed by atoms with Crippen molar-refractivity contribution in [1.82, 2.24) is 10.2 Å². The Balaban J connectivity index is 1.55. The Bertz CT molecular complexity index is 802. The van der Waals surface area contributed by atoms with E-state index in [9.17, 15) is 14.9 Å². The number of aromatic nitrogens is 2. The number of rotatable bonds is 6. The zero-order chi connectivity index (χ0) is 18.5. The number of anilines is 1. The fourth-order valence-corrected chi connectivity index (χ4v) is 3.53. The number of hydrogen-bond donors (Lipinski definition) is 1. The smallest absolute Gasteiger partial charge is 0.277 e. The minimum atomic E-state index is -0.491. The molecule has 0 spiro atoms. The van der Waals surface area contributed by atoms with E-state index in [-0.39, 0.29) is 17.3 Å². The molecule has 9 heteroatoms. The fraction of sp³-hybridized carbons (Fsp3) is 0.471. The van der Waals surface area contributed by atoms with Crippen molar-refractivity contribution in [2.75, 3.05) is 11.1 Å². The van der Waals surface area contributed by atoms with E-state index in [1.165, 1.54) is 31.4 Å². The van der Waals surface area contributed by atoms with Crippen LogP contribution in [0.5, 0.6) is 0 Å². The second-order valence-corrected chi connectivity index (χ2v) is 7.26. The van der Waals surface area contributed by atoms with Crippen LogP contribution in [0.3, 0.4) is 0 Å². The summed E-state index contributed by atoms with van der Waals surface area (Å²) in [7, 11) is 0. The van der Waals surface area contributed by atoms with Gasteiger partial charge in [-0.3, -0.25) is 14.9 Å². The number of nitrogens with one attached hydrogen (secondary N) is 1. The SMILES string of the molecule is Cc1ccc([N+](=O)[O-])cc1NC(=O)CSc1nnc(C2CCCCC2)o1. The topological polar surface area (TPSA) is 111 Å². The van der Waals surface area contributed by atoms with Gasteiger partial charge in [0.1, 0.15) is 0 Å². The third kappa shape index (κ3) is 4.60. The van der Waals surface area contributed by atoms with Crippen LogP contribution < -0.4 is 5.32 Å². The van der Waals surface area contributed by atoms with Crippen LogP contribution >= 0.6 is 11.8 Å². The van der Waals surface area contributed by atoms with Crippen LogP contribution in [0, 0.1) is 17.0 Å². The first-order valence-corrected chi connectivity index (χ1v) is 9.52. The minimum Gasteiger partial charge on any atom is -0.416 e. The quantitative estimate of drug-likeness (QED) is 0.459. The minimum absolute atomic E-state index is 0.0624. The van der Waals surface area contributed by atoms with E-state index < -0.39 is 4.92 Å². The number of hydrogen-bond acceptors (Lipinski definition) is 7. The number of nitrogens with zero attached hydrogens (tertiary/aromatic N) is 3. The molecule has 1 aromatic heterocycles. The van der Waals surface area contributed by atoms with Crippen molar-refractivity contribution in [2.24, 2.45) is 0 Å². The molecule has 1 heterocycles. The Morgan fingerprint density at radius 2 is 2.12 bits per heavy atom. The Hall–Kier alpha value is -2.42. The molecule has 8 nitrogen and oxygen atoms in total. The number of benzene rings is 1. The van der Waals surface area contributed by atoms with E-state index in [0.29, 0.717) is 22.7 Å². The monoisotopic (exact) mass is 376 g/mol. The number of aryl methyl sites for hydroxylation is 1. The summed E-state index contributed by atoms with van der Waals surface area (Å²) in [4.78, 5) is 22.5. The van der Waals surface area contributed by atoms with Crippen molar-refractivity contribution in [3.8, 4) is 0 Å². The number of carbonyl (C=O) groups excluding carboxylic acids is 1. The first-order valence-electron chi connectivity index (χ1n) is 8.54. The van der Waals surface area contributed by atoms with Crippen molar-refractivity contribution in [3.63, 3.8) is 0 Å². The molecule has 0 bridgehead atoms. The van der Waals surface area contributed by atoms with Crippen LogP contribution in [-0.4, -0.2) is 26.8 Å². The molecular weight excluding hydrogens is 356 g/mol. The Morgan fingerprint density at radius 3 is 2.85 bits per heavy atom. The Labute approximate surface area is 154 Å². The summed E-state index contributed by atoms with van der Waals surface area (Å²) in [5, 5.41) is 22.0. The molecule has 1 amide bonds. The molecule has 1 fully saturated rings. The molecule has 1 aliphatic rings. The van der Waals surface area contributed by atoms with Crippen LogP contribution in [-0.2, 0) is 4.79 Å². The highest BCUT2D eigenvalue weighted by Gasteiger charge is 2.21. The number of nitro groups is 1. The number of non-ortho nitro benzene ring substituents is 1. The molecule has 0 atom stereocenters. The molecule has 1 saturated carbocycles. The van der Waals surface area contributed by atoms with Crippen molar-refractivity contribution in [2.45, 2.75) is 50.2 Å². The van der Waals surface area contributed by atoms with Crippen molar-refractivity contribution in [3.05, 3.63) is 39.8 Å². The number of thioether (sulfide) groups is 1. The molecule has 3 rings (SSSR count). The lowest BCUT2D eigenvalue weighted by molar-refractivity contribution is -0.384. The number of nitro benzene ring substituents is 1. The van der Waals surface area contributed by atoms with Crippen molar-refractivity contribution >= 4 is 29.0 Å². The van der Waals surface area contributed by atoms with Gasteiger partial charge in [0, 0.05) is 18.1 Å². The molecule has 1 aromatic carbocycles. The summed E-state index contributed by atoms with van der Waals surface area (Å²) in [6.07, 6.45) is 5.75. The van der Waals surface area contributed by atoms with Crippen LogP contribution in [0.25, 0.3) is 0 Å². The van der Waals surface area contributed by atoms with E-state index >= 15 is 0 Å². The third-order valence-corrected chi connectivity index (χ3v) is 5.23. The Kier molecular flexibility index (Phi) is 5.87. The summed E-state index contributed by atoms with van der Waals surface area (Å²) in [5.74, 6) is 0.791. The summed E-state index contributed by atoms with van der Waals surface area (Å²) in [5.41, 5.74) is 1.12. The summed E-state index contributed by atoms with van der Waals surface area (Å²) in [6, 6.07) is 4.37. The Morgan fingerprint density at radius 1 is 1.35 bits per heavy atom. The van der Waals surface area contributed by atoms with Gasteiger partial charge in [-0.2, -0.15) is 0 Å². The predicted octanol–water partition coefficient (Wildman–Crippen LogP) is 4.06. The van der Waals surface area contributed by atoms with Crippen LogP contribution in [0.2, 0.25) is 0 Å². The number of carbonyl (C=O) groups is 1. The highest BCUT2D eigenvalue weighted by molar-refractivity contribution is 7.99. The zero-order valence-electron chi connectivity index (χ0n) is 14.4. The first-order chi connectivity index (χ1) is 12.5. The summed E-state index contributed by atoms with van der Waals surface area (Å²) in [6.45, 7) is 1.78. The van der Waals surface area contributed by atoms with E-state index in [4.69, 9.17) is 4.42 Å². The molecular formula is C17H20N4O4S. The largest absolute Gasteiger partial charge is 0.416 e. The molecule has 0 aliphatic heterocycles. The molecule has 1 aliphatic carbocycles. The predicted molar refractivity (Wildman–Crippen MR) is 97.3 cm³/mol. The zero-order valence-corrected chi connectivity index (χ0v) is 15.3. The molecule has 1 N–H and O–H groups in total. The van der Waals surface area contributed by atoms with Gasteiger partial charge in [-0.05, 0) is 25.3 Å². The fourth-order valence-electron chi connectivity index (χ4n) is 2.97. The molecule has 0 saturated heterocycles. The van der Waals surface area contributed by atoms with E-state index in [1.807, 2.05) is 0 Å². The van der Waals surface area contributed by atoms with Gasteiger partial charge in [0.15, 0.2) is 0 Å². The van der Waals surface area contributed by atoms with Gasteiger partial charge >= 0.3 is 0 Å². The maximum Gasteiger partial charge on any atom is 0.277 e. The van der Waals surface area contributed by atoms with Gasteiger partial charge in [-0.25, -0.2) is 0 Å². The molecule has 0 radical (unpaired) electrons. The van der Waals surface area contributed by atoms with Gasteiger partial charge in [-0.15, -0.1) is 10.2 Å². The summed E-state index contributed by atoms with van der Waals surface area (Å²) >= 11 is 1.16. The average Bonchev–Trinajstić information content (AvgIpc) is 3.11. The first kappa shape index (κ1) is 18.4. The normalized spacial score (nSPS) is 15.0. The van der Waals surface area contributed by atoms with Gasteiger partial charge in [-0.1, -0.05) is 37.1 Å². The van der Waals surface area contributed by atoms with Crippen molar-refractivity contribution < 1.29 is 14.1 Å². The number of amides is 1. The lowest BCUT2D eigenvalue weighted by Crippen LogP contribution is -2.15. The van der Waals surface area contributed by atoms with E-state index in [1.54, 1.807) is 13.0 Å². The van der Waals surface area contributed by atoms with Crippen LogP contribution in [0.15, 0.2) is 27.8 Å². The third-order valence-electron chi connectivity index (χ3n) is 4.41. The van der Waals surface area contributed by atoms with Crippen LogP contribution in [0.4, 0.5) is 11.4 Å². The van der Waals surface area contributed by atoms with Crippen LogP contribution in [0.1, 0.15) is 49.5 Å². The van der Waals surface area contributed by atoms with E-state index in [2.05, 4.69) is 15.5 Å². The van der Waals surface area contributed by atoms with E-state index in [0.717, 1.165) is 30.2 Å². The van der Waals surface area contributed by atoms with Gasteiger partial charge in [0.2, 0.25) is 11.8 Å². The maximum absolute atomic E-state index is 12.1. The molecule has 0 unspecified atom stereocenters.